The highest BCUT2D eigenvalue weighted by Crippen LogP contribution is 2.27. The average molecular weight is 365 g/mol. The van der Waals surface area contributed by atoms with Crippen molar-refractivity contribution in [2.24, 2.45) is 5.92 Å². The first-order chi connectivity index (χ1) is 13.2. The maximum absolute atomic E-state index is 12.3. The van der Waals surface area contributed by atoms with Gasteiger partial charge in [0.25, 0.3) is 5.91 Å². The number of aromatic nitrogens is 2. The number of amides is 1. The first-order valence-electron chi connectivity index (χ1n) is 8.75. The molecule has 7 nitrogen and oxygen atoms in total. The van der Waals surface area contributed by atoms with Crippen molar-refractivity contribution in [3.05, 3.63) is 54.5 Å². The maximum atomic E-state index is 12.3. The summed E-state index contributed by atoms with van der Waals surface area (Å²) in [6.07, 6.45) is 4.14. The van der Waals surface area contributed by atoms with Gasteiger partial charge in [0.05, 0.1) is 13.2 Å². The van der Waals surface area contributed by atoms with Crippen LogP contribution in [-0.2, 0) is 4.74 Å². The molecule has 1 atom stereocenters. The summed E-state index contributed by atoms with van der Waals surface area (Å²) in [6.45, 7) is 2.08. The molecule has 1 aromatic carbocycles. The van der Waals surface area contributed by atoms with Crippen molar-refractivity contribution in [3.8, 4) is 11.6 Å². The topological polar surface area (TPSA) is 93.6 Å². The van der Waals surface area contributed by atoms with E-state index in [9.17, 15) is 9.90 Å². The number of aromatic hydroxyl groups is 1. The van der Waals surface area contributed by atoms with Crippen LogP contribution < -0.4 is 10.1 Å². The second-order valence-electron chi connectivity index (χ2n) is 6.42. The van der Waals surface area contributed by atoms with Crippen LogP contribution in [0.1, 0.15) is 16.9 Å². The first kappa shape index (κ1) is 17.2. The number of anilines is 1. The van der Waals surface area contributed by atoms with Gasteiger partial charge in [-0.3, -0.25) is 4.79 Å². The van der Waals surface area contributed by atoms with E-state index in [2.05, 4.69) is 15.3 Å². The summed E-state index contributed by atoms with van der Waals surface area (Å²) in [5.41, 5.74) is 0.578. The van der Waals surface area contributed by atoms with Gasteiger partial charge >= 0.3 is 0 Å². The van der Waals surface area contributed by atoms with Crippen molar-refractivity contribution in [2.75, 3.05) is 25.1 Å². The molecular weight excluding hydrogens is 346 g/mol. The van der Waals surface area contributed by atoms with Gasteiger partial charge in [0.2, 0.25) is 5.88 Å². The minimum absolute atomic E-state index is 0.0184. The lowest BCUT2D eigenvalue weighted by Crippen LogP contribution is -2.14. The molecule has 0 spiro atoms. The predicted molar refractivity (Wildman–Crippen MR) is 100 cm³/mol. The molecule has 0 aliphatic carbocycles. The van der Waals surface area contributed by atoms with E-state index in [-0.39, 0.29) is 11.4 Å². The molecule has 2 aromatic heterocycles. The molecule has 1 unspecified atom stereocenters. The van der Waals surface area contributed by atoms with Crippen LogP contribution in [-0.4, -0.2) is 40.8 Å². The summed E-state index contributed by atoms with van der Waals surface area (Å²) in [7, 11) is 0. The van der Waals surface area contributed by atoms with E-state index < -0.39 is 5.91 Å². The monoisotopic (exact) mass is 365 g/mol. The SMILES string of the molecule is O=C(Nc1ccc2c(OCC3CCOC3)nccc2c1)c1ncccc1O. The smallest absolute Gasteiger partial charge is 0.278 e. The highest BCUT2D eigenvalue weighted by Gasteiger charge is 2.17. The van der Waals surface area contributed by atoms with E-state index in [1.54, 1.807) is 18.3 Å². The van der Waals surface area contributed by atoms with Gasteiger partial charge in [0, 0.05) is 36.0 Å². The second-order valence-corrected chi connectivity index (χ2v) is 6.42. The number of ether oxygens (including phenoxy) is 2. The average Bonchev–Trinajstić information content (AvgIpc) is 3.20. The zero-order chi connectivity index (χ0) is 18.6. The molecule has 0 radical (unpaired) electrons. The third-order valence-corrected chi connectivity index (χ3v) is 4.47. The molecule has 3 heterocycles. The van der Waals surface area contributed by atoms with Gasteiger partial charge in [-0.2, -0.15) is 0 Å². The van der Waals surface area contributed by atoms with E-state index in [4.69, 9.17) is 9.47 Å². The van der Waals surface area contributed by atoms with Crippen LogP contribution in [0.3, 0.4) is 0 Å². The molecule has 2 N–H and O–H groups in total. The van der Waals surface area contributed by atoms with Gasteiger partial charge < -0.3 is 19.9 Å². The van der Waals surface area contributed by atoms with Crippen LogP contribution in [0.5, 0.6) is 11.6 Å². The minimum atomic E-state index is -0.473. The Balaban J connectivity index is 1.52. The van der Waals surface area contributed by atoms with E-state index in [0.717, 1.165) is 30.4 Å². The molecule has 1 aliphatic heterocycles. The summed E-state index contributed by atoms with van der Waals surface area (Å²) >= 11 is 0. The van der Waals surface area contributed by atoms with Gasteiger partial charge in [-0.05, 0) is 48.2 Å². The highest BCUT2D eigenvalue weighted by atomic mass is 16.5. The Kier molecular flexibility index (Phi) is 4.84. The summed E-state index contributed by atoms with van der Waals surface area (Å²) in [5, 5.41) is 14.3. The minimum Gasteiger partial charge on any atom is -0.505 e. The van der Waals surface area contributed by atoms with Crippen LogP contribution in [0, 0.1) is 5.92 Å². The molecule has 3 aromatic rings. The van der Waals surface area contributed by atoms with Crippen molar-refractivity contribution in [1.29, 1.82) is 0 Å². The zero-order valence-electron chi connectivity index (χ0n) is 14.6. The van der Waals surface area contributed by atoms with Crippen LogP contribution >= 0.6 is 0 Å². The molecule has 4 rings (SSSR count). The van der Waals surface area contributed by atoms with Crippen molar-refractivity contribution in [2.45, 2.75) is 6.42 Å². The fourth-order valence-electron chi connectivity index (χ4n) is 3.02. The molecule has 27 heavy (non-hydrogen) atoms. The molecular formula is C20H19N3O4. The zero-order valence-corrected chi connectivity index (χ0v) is 14.6. The van der Waals surface area contributed by atoms with Crippen molar-refractivity contribution in [1.82, 2.24) is 9.97 Å². The Hall–Kier alpha value is -3.19. The molecule has 7 heteroatoms. The normalized spacial score (nSPS) is 16.4. The summed E-state index contributed by atoms with van der Waals surface area (Å²) in [4.78, 5) is 20.5. The van der Waals surface area contributed by atoms with Crippen molar-refractivity contribution in [3.63, 3.8) is 0 Å². The molecule has 1 fully saturated rings. The Morgan fingerprint density at radius 3 is 3.00 bits per heavy atom. The largest absolute Gasteiger partial charge is 0.505 e. The lowest BCUT2D eigenvalue weighted by molar-refractivity contribution is 0.101. The summed E-state index contributed by atoms with van der Waals surface area (Å²) in [6, 6.07) is 10.3. The fourth-order valence-corrected chi connectivity index (χ4v) is 3.02. The second kappa shape index (κ2) is 7.59. The van der Waals surface area contributed by atoms with E-state index in [0.29, 0.717) is 24.1 Å². The van der Waals surface area contributed by atoms with Crippen molar-refractivity contribution >= 4 is 22.4 Å². The Morgan fingerprint density at radius 2 is 2.19 bits per heavy atom. The van der Waals surface area contributed by atoms with Crippen LogP contribution in [0.4, 0.5) is 5.69 Å². The fraction of sp³-hybridized carbons (Fsp3) is 0.250. The predicted octanol–water partition coefficient (Wildman–Crippen LogP) is 3.00. The van der Waals surface area contributed by atoms with Gasteiger partial charge in [-0.1, -0.05) is 0 Å². The third-order valence-electron chi connectivity index (χ3n) is 4.47. The number of pyridine rings is 2. The Bertz CT molecular complexity index is 970. The van der Waals surface area contributed by atoms with Gasteiger partial charge in [0.15, 0.2) is 5.69 Å². The van der Waals surface area contributed by atoms with Crippen LogP contribution in [0.25, 0.3) is 10.8 Å². The summed E-state index contributed by atoms with van der Waals surface area (Å²) < 4.78 is 11.3. The number of hydrogen-bond donors (Lipinski definition) is 2. The van der Waals surface area contributed by atoms with E-state index in [1.165, 1.54) is 12.3 Å². The lowest BCUT2D eigenvalue weighted by Gasteiger charge is -2.12. The lowest BCUT2D eigenvalue weighted by atomic mass is 10.1. The quantitative estimate of drug-likeness (QED) is 0.722. The Morgan fingerprint density at radius 1 is 1.26 bits per heavy atom. The van der Waals surface area contributed by atoms with Crippen LogP contribution in [0.2, 0.25) is 0 Å². The van der Waals surface area contributed by atoms with Crippen molar-refractivity contribution < 1.29 is 19.4 Å². The number of rotatable bonds is 5. The molecule has 1 amide bonds. The molecule has 138 valence electrons. The molecule has 0 saturated carbocycles. The number of benzene rings is 1. The molecule has 1 aliphatic rings. The van der Waals surface area contributed by atoms with Crippen LogP contribution in [0.15, 0.2) is 48.8 Å². The number of hydrogen-bond acceptors (Lipinski definition) is 6. The number of nitrogens with one attached hydrogen (secondary N) is 1. The number of nitrogens with zero attached hydrogens (tertiary/aromatic N) is 2. The third kappa shape index (κ3) is 3.83. The molecule has 0 bridgehead atoms. The number of carbonyl (C=O) groups is 1. The summed E-state index contributed by atoms with van der Waals surface area (Å²) in [5.74, 6) is 0.331. The van der Waals surface area contributed by atoms with E-state index >= 15 is 0 Å². The molecule has 1 saturated heterocycles. The standard InChI is InChI=1S/C20H19N3O4/c24-17-2-1-7-21-18(17)19(25)23-15-3-4-16-14(10-15)5-8-22-20(16)27-12-13-6-9-26-11-13/h1-5,7-8,10,13,24H,6,9,11-12H2,(H,23,25). The number of carbonyl (C=O) groups excluding carboxylic acids is 1. The van der Waals surface area contributed by atoms with Gasteiger partial charge in [0.1, 0.15) is 5.75 Å². The highest BCUT2D eigenvalue weighted by molar-refractivity contribution is 6.05. The number of fused-ring (bicyclic) bond motifs is 1. The van der Waals surface area contributed by atoms with E-state index in [1.807, 2.05) is 18.2 Å². The maximum Gasteiger partial charge on any atom is 0.278 e. The first-order valence-corrected chi connectivity index (χ1v) is 8.75. The van der Waals surface area contributed by atoms with Gasteiger partial charge in [-0.15, -0.1) is 0 Å². The van der Waals surface area contributed by atoms with Gasteiger partial charge in [-0.25, -0.2) is 9.97 Å². The Labute approximate surface area is 156 Å².